The summed E-state index contributed by atoms with van der Waals surface area (Å²) in [4.78, 5) is 5.92. The Bertz CT molecular complexity index is 316. The first-order chi connectivity index (χ1) is 7.63. The zero-order chi connectivity index (χ0) is 12.0. The Balaban J connectivity index is 2.36. The molecular weight excluding hydrogens is 226 g/mol. The van der Waals surface area contributed by atoms with Gasteiger partial charge in [0.1, 0.15) is 12.2 Å². The molecule has 6 nitrogen and oxygen atoms in total. The van der Waals surface area contributed by atoms with Crippen molar-refractivity contribution in [2.75, 3.05) is 20.8 Å². The van der Waals surface area contributed by atoms with Crippen LogP contribution >= 0.6 is 12.2 Å². The van der Waals surface area contributed by atoms with Crippen molar-refractivity contribution < 1.29 is 4.74 Å². The minimum atomic E-state index is 0.190. The van der Waals surface area contributed by atoms with Gasteiger partial charge in [0.2, 0.25) is 0 Å². The normalized spacial score (nSPS) is 12.2. The van der Waals surface area contributed by atoms with E-state index in [4.69, 9.17) is 17.0 Å². The zero-order valence-corrected chi connectivity index (χ0v) is 10.5. The molecule has 7 heteroatoms. The molecule has 1 aromatic heterocycles. The number of aromatic amines is 1. The Kier molecular flexibility index (Phi) is 5.13. The predicted octanol–water partition coefficient (Wildman–Crippen LogP) is 0.146. The molecule has 0 aliphatic rings. The van der Waals surface area contributed by atoms with Crippen LogP contribution in [0, 0.1) is 0 Å². The minimum absolute atomic E-state index is 0.190. The number of nitrogens with one attached hydrogen (secondary N) is 2. The largest absolute Gasteiger partial charge is 0.383 e. The van der Waals surface area contributed by atoms with Gasteiger partial charge in [-0.15, -0.1) is 0 Å². The minimum Gasteiger partial charge on any atom is -0.383 e. The Labute approximate surface area is 100 Å². The van der Waals surface area contributed by atoms with Crippen molar-refractivity contribution in [2.45, 2.75) is 19.5 Å². The van der Waals surface area contributed by atoms with Gasteiger partial charge in [0.15, 0.2) is 5.11 Å². The molecular formula is C9H17N5OS. The van der Waals surface area contributed by atoms with Crippen molar-refractivity contribution >= 4 is 17.3 Å². The second kappa shape index (κ2) is 6.39. The van der Waals surface area contributed by atoms with Gasteiger partial charge in [-0.1, -0.05) is 0 Å². The summed E-state index contributed by atoms with van der Waals surface area (Å²) < 4.78 is 5.02. The van der Waals surface area contributed by atoms with Crippen LogP contribution in [0.25, 0.3) is 0 Å². The van der Waals surface area contributed by atoms with Crippen LogP contribution in [-0.2, 0) is 11.3 Å². The molecule has 0 amide bonds. The lowest BCUT2D eigenvalue weighted by Crippen LogP contribution is -2.43. The van der Waals surface area contributed by atoms with E-state index in [2.05, 4.69) is 20.5 Å². The third-order valence-electron chi connectivity index (χ3n) is 1.99. The number of hydrogen-bond acceptors (Lipinski definition) is 4. The zero-order valence-electron chi connectivity index (χ0n) is 9.73. The third-order valence-corrected chi connectivity index (χ3v) is 2.41. The predicted molar refractivity (Wildman–Crippen MR) is 64.9 cm³/mol. The number of nitrogens with zero attached hydrogens (tertiary/aromatic N) is 3. The highest BCUT2D eigenvalue weighted by Gasteiger charge is 2.09. The topological polar surface area (TPSA) is 66.1 Å². The molecule has 1 aromatic rings. The van der Waals surface area contributed by atoms with E-state index in [0.717, 1.165) is 5.82 Å². The fourth-order valence-corrected chi connectivity index (χ4v) is 1.48. The monoisotopic (exact) mass is 243 g/mol. The molecule has 0 saturated carbocycles. The lowest BCUT2D eigenvalue weighted by Gasteiger charge is -2.23. The van der Waals surface area contributed by atoms with Gasteiger partial charge >= 0.3 is 0 Å². The molecule has 0 aromatic carbocycles. The Morgan fingerprint density at radius 3 is 3.06 bits per heavy atom. The summed E-state index contributed by atoms with van der Waals surface area (Å²) in [5.74, 6) is 0.783. The number of hydrogen-bond donors (Lipinski definition) is 2. The van der Waals surface area contributed by atoms with Crippen molar-refractivity contribution in [2.24, 2.45) is 0 Å². The summed E-state index contributed by atoms with van der Waals surface area (Å²) in [5, 5.41) is 10.4. The highest BCUT2D eigenvalue weighted by molar-refractivity contribution is 7.80. The smallest absolute Gasteiger partial charge is 0.169 e. The lowest BCUT2D eigenvalue weighted by atomic mass is 10.4. The van der Waals surface area contributed by atoms with E-state index in [9.17, 15) is 0 Å². The van der Waals surface area contributed by atoms with Gasteiger partial charge in [-0.05, 0) is 19.1 Å². The first kappa shape index (κ1) is 12.9. The molecule has 0 radical (unpaired) electrons. The van der Waals surface area contributed by atoms with Gasteiger partial charge in [-0.2, -0.15) is 5.10 Å². The molecule has 1 atom stereocenters. The first-order valence-corrected chi connectivity index (χ1v) is 5.39. The Hall–Kier alpha value is -1.21. The van der Waals surface area contributed by atoms with E-state index in [-0.39, 0.29) is 6.04 Å². The average molecular weight is 243 g/mol. The number of H-pyrrole nitrogens is 1. The van der Waals surface area contributed by atoms with Gasteiger partial charge in [0.05, 0.1) is 13.2 Å². The summed E-state index contributed by atoms with van der Waals surface area (Å²) >= 11 is 5.24. The highest BCUT2D eigenvalue weighted by atomic mass is 32.1. The van der Waals surface area contributed by atoms with Crippen LogP contribution in [0.1, 0.15) is 12.7 Å². The summed E-state index contributed by atoms with van der Waals surface area (Å²) in [7, 11) is 3.57. The highest BCUT2D eigenvalue weighted by Crippen LogP contribution is 1.96. The Morgan fingerprint density at radius 2 is 2.50 bits per heavy atom. The maximum absolute atomic E-state index is 5.24. The van der Waals surface area contributed by atoms with Crippen LogP contribution in [0.4, 0.5) is 0 Å². The van der Waals surface area contributed by atoms with Crippen molar-refractivity contribution in [3.8, 4) is 0 Å². The molecule has 0 aliphatic carbocycles. The van der Waals surface area contributed by atoms with E-state index in [1.807, 2.05) is 18.9 Å². The maximum atomic E-state index is 5.24. The standard InChI is InChI=1S/C9H17N5OS/c1-7(5-15-3)12-9(16)14(2)4-8-10-6-11-13-8/h6-7H,4-5H2,1-3H3,(H,12,16)(H,10,11,13). The van der Waals surface area contributed by atoms with E-state index in [1.165, 1.54) is 6.33 Å². The van der Waals surface area contributed by atoms with Crippen LogP contribution in [0.3, 0.4) is 0 Å². The van der Waals surface area contributed by atoms with Crippen molar-refractivity contribution in [1.82, 2.24) is 25.4 Å². The first-order valence-electron chi connectivity index (χ1n) is 4.98. The molecule has 16 heavy (non-hydrogen) atoms. The number of rotatable bonds is 5. The average Bonchev–Trinajstić information content (AvgIpc) is 2.70. The lowest BCUT2D eigenvalue weighted by molar-refractivity contribution is 0.178. The van der Waals surface area contributed by atoms with Crippen molar-refractivity contribution in [3.63, 3.8) is 0 Å². The van der Waals surface area contributed by atoms with Crippen molar-refractivity contribution in [1.29, 1.82) is 0 Å². The number of aromatic nitrogens is 3. The molecule has 0 bridgehead atoms. The molecule has 1 unspecified atom stereocenters. The summed E-state index contributed by atoms with van der Waals surface area (Å²) in [5.41, 5.74) is 0. The van der Waals surface area contributed by atoms with Gasteiger partial charge < -0.3 is 15.0 Å². The summed E-state index contributed by atoms with van der Waals surface area (Å²) in [6.07, 6.45) is 1.48. The van der Waals surface area contributed by atoms with E-state index in [1.54, 1.807) is 7.11 Å². The second-order valence-corrected chi connectivity index (χ2v) is 3.98. The van der Waals surface area contributed by atoms with Crippen LogP contribution in [0.2, 0.25) is 0 Å². The number of methoxy groups -OCH3 is 1. The van der Waals surface area contributed by atoms with Crippen LogP contribution in [0.15, 0.2) is 6.33 Å². The molecule has 1 rings (SSSR count). The van der Waals surface area contributed by atoms with Crippen LogP contribution < -0.4 is 5.32 Å². The summed E-state index contributed by atoms with van der Waals surface area (Å²) in [6.45, 7) is 3.24. The Morgan fingerprint density at radius 1 is 1.75 bits per heavy atom. The van der Waals surface area contributed by atoms with E-state index in [0.29, 0.717) is 18.3 Å². The van der Waals surface area contributed by atoms with E-state index < -0.39 is 0 Å². The van der Waals surface area contributed by atoms with Gasteiger partial charge in [-0.25, -0.2) is 4.98 Å². The molecule has 2 N–H and O–H groups in total. The van der Waals surface area contributed by atoms with Crippen LogP contribution in [0.5, 0.6) is 0 Å². The molecule has 90 valence electrons. The molecule has 0 aliphatic heterocycles. The molecule has 0 spiro atoms. The quantitative estimate of drug-likeness (QED) is 0.717. The fraction of sp³-hybridized carbons (Fsp3) is 0.667. The summed E-state index contributed by atoms with van der Waals surface area (Å²) in [6, 6.07) is 0.190. The number of thiocarbonyl (C=S) groups is 1. The fourth-order valence-electron chi connectivity index (χ4n) is 1.22. The van der Waals surface area contributed by atoms with E-state index >= 15 is 0 Å². The van der Waals surface area contributed by atoms with Gasteiger partial charge in [0.25, 0.3) is 0 Å². The van der Waals surface area contributed by atoms with Gasteiger partial charge in [-0.3, -0.25) is 5.10 Å². The molecule has 0 fully saturated rings. The van der Waals surface area contributed by atoms with Gasteiger partial charge in [0, 0.05) is 20.2 Å². The third kappa shape index (κ3) is 4.11. The molecule has 0 saturated heterocycles. The molecule has 1 heterocycles. The number of ether oxygens (including phenoxy) is 1. The maximum Gasteiger partial charge on any atom is 0.169 e. The second-order valence-electron chi connectivity index (χ2n) is 3.59. The van der Waals surface area contributed by atoms with Crippen LogP contribution in [-0.4, -0.2) is 52.0 Å². The van der Waals surface area contributed by atoms with Crippen molar-refractivity contribution in [3.05, 3.63) is 12.2 Å². The SMILES string of the molecule is COCC(C)NC(=S)N(C)Cc1ncn[nH]1.